The van der Waals surface area contributed by atoms with Crippen molar-refractivity contribution in [1.29, 1.82) is 0 Å². The first-order valence-corrected chi connectivity index (χ1v) is 4.13. The van der Waals surface area contributed by atoms with E-state index in [0.29, 0.717) is 12.8 Å². The van der Waals surface area contributed by atoms with Crippen LogP contribution in [0.1, 0.15) is 12.0 Å². The molecule has 13 heavy (non-hydrogen) atoms. The van der Waals surface area contributed by atoms with Gasteiger partial charge in [-0.05, 0) is 12.0 Å². The molecule has 0 N–H and O–H groups in total. The fourth-order valence-electron chi connectivity index (χ4n) is 1.10. The maximum absolute atomic E-state index is 10.8. The van der Waals surface area contributed by atoms with E-state index in [1.807, 2.05) is 24.3 Å². The molecule has 0 saturated heterocycles. The first-order valence-electron chi connectivity index (χ1n) is 4.13. The van der Waals surface area contributed by atoms with Gasteiger partial charge in [0.2, 0.25) is 0 Å². The largest absolute Gasteiger partial charge is 0.469 e. The maximum atomic E-state index is 10.8. The first kappa shape index (κ1) is 9.84. The van der Waals surface area contributed by atoms with Crippen LogP contribution in [0.15, 0.2) is 24.3 Å². The van der Waals surface area contributed by atoms with Crippen molar-refractivity contribution >= 4 is 19.3 Å². The van der Waals surface area contributed by atoms with Gasteiger partial charge in [0.05, 0.1) is 7.11 Å². The Labute approximate surface area is 79.3 Å². The standard InChI is InChI=1S/C10H11BO2/c1-13-10(12)6-5-8-3-2-4-9(11)7-8/h2-4,7H,5-6H2,1H3. The van der Waals surface area contributed by atoms with Crippen molar-refractivity contribution in [3.8, 4) is 0 Å². The number of benzene rings is 1. The summed E-state index contributed by atoms with van der Waals surface area (Å²) < 4.78 is 4.53. The molecule has 2 nitrogen and oxygen atoms in total. The average Bonchev–Trinajstić information content (AvgIpc) is 2.14. The Kier molecular flexibility index (Phi) is 3.56. The van der Waals surface area contributed by atoms with Gasteiger partial charge in [0.15, 0.2) is 0 Å². The van der Waals surface area contributed by atoms with Crippen LogP contribution in [0.4, 0.5) is 0 Å². The van der Waals surface area contributed by atoms with Gasteiger partial charge in [0.1, 0.15) is 7.85 Å². The Morgan fingerprint density at radius 2 is 2.31 bits per heavy atom. The zero-order valence-electron chi connectivity index (χ0n) is 7.62. The van der Waals surface area contributed by atoms with Crippen LogP contribution in [-0.4, -0.2) is 20.9 Å². The van der Waals surface area contributed by atoms with E-state index in [0.717, 1.165) is 11.0 Å². The third-order valence-electron chi connectivity index (χ3n) is 1.80. The van der Waals surface area contributed by atoms with Crippen molar-refractivity contribution in [3.63, 3.8) is 0 Å². The van der Waals surface area contributed by atoms with E-state index < -0.39 is 0 Å². The van der Waals surface area contributed by atoms with E-state index in [1.54, 1.807) is 0 Å². The van der Waals surface area contributed by atoms with Crippen LogP contribution >= 0.6 is 0 Å². The second-order valence-electron chi connectivity index (χ2n) is 2.82. The van der Waals surface area contributed by atoms with Gasteiger partial charge in [-0.1, -0.05) is 29.7 Å². The van der Waals surface area contributed by atoms with Crippen molar-refractivity contribution in [2.24, 2.45) is 0 Å². The molecule has 0 aliphatic rings. The van der Waals surface area contributed by atoms with Gasteiger partial charge >= 0.3 is 5.97 Å². The van der Waals surface area contributed by atoms with E-state index in [1.165, 1.54) is 7.11 Å². The lowest BCUT2D eigenvalue weighted by Crippen LogP contribution is -2.05. The van der Waals surface area contributed by atoms with E-state index in [9.17, 15) is 4.79 Å². The minimum Gasteiger partial charge on any atom is -0.469 e. The van der Waals surface area contributed by atoms with Crippen molar-refractivity contribution < 1.29 is 9.53 Å². The van der Waals surface area contributed by atoms with Crippen LogP contribution in [0.2, 0.25) is 0 Å². The SMILES string of the molecule is [B]c1cccc(CCC(=O)OC)c1. The predicted octanol–water partition coefficient (Wildman–Crippen LogP) is 0.586. The van der Waals surface area contributed by atoms with Crippen LogP contribution in [-0.2, 0) is 16.0 Å². The number of rotatable bonds is 3. The van der Waals surface area contributed by atoms with Gasteiger partial charge in [-0.15, -0.1) is 0 Å². The van der Waals surface area contributed by atoms with Crippen LogP contribution < -0.4 is 5.46 Å². The maximum Gasteiger partial charge on any atom is 0.305 e. The Balaban J connectivity index is 2.50. The van der Waals surface area contributed by atoms with Gasteiger partial charge < -0.3 is 4.74 Å². The summed E-state index contributed by atoms with van der Waals surface area (Å²) >= 11 is 0. The number of hydrogen-bond donors (Lipinski definition) is 0. The Morgan fingerprint density at radius 1 is 1.54 bits per heavy atom. The van der Waals surface area contributed by atoms with Gasteiger partial charge in [-0.2, -0.15) is 0 Å². The second kappa shape index (κ2) is 4.70. The third kappa shape index (κ3) is 3.32. The Bertz CT molecular complexity index is 297. The summed E-state index contributed by atoms with van der Waals surface area (Å²) in [5, 5.41) is 0. The number of hydrogen-bond acceptors (Lipinski definition) is 2. The molecule has 0 spiro atoms. The van der Waals surface area contributed by atoms with E-state index in [4.69, 9.17) is 7.85 Å². The highest BCUT2D eigenvalue weighted by Gasteiger charge is 2.00. The second-order valence-corrected chi connectivity index (χ2v) is 2.82. The molecule has 0 unspecified atom stereocenters. The van der Waals surface area contributed by atoms with E-state index in [-0.39, 0.29) is 5.97 Å². The summed E-state index contributed by atoms with van der Waals surface area (Å²) in [6.45, 7) is 0. The minimum absolute atomic E-state index is 0.192. The summed E-state index contributed by atoms with van der Waals surface area (Å²) in [7, 11) is 6.97. The normalized spacial score (nSPS) is 9.62. The summed E-state index contributed by atoms with van der Waals surface area (Å²) in [5.41, 5.74) is 1.78. The summed E-state index contributed by atoms with van der Waals surface area (Å²) in [5.74, 6) is -0.192. The molecule has 0 aliphatic heterocycles. The number of carbonyl (C=O) groups excluding carboxylic acids is 1. The van der Waals surface area contributed by atoms with Gasteiger partial charge in [-0.3, -0.25) is 4.79 Å². The van der Waals surface area contributed by atoms with Crippen LogP contribution in [0.3, 0.4) is 0 Å². The minimum atomic E-state index is -0.192. The summed E-state index contributed by atoms with van der Waals surface area (Å²) in [6.07, 6.45) is 1.08. The molecular formula is C10H11BO2. The molecule has 0 saturated carbocycles. The smallest absolute Gasteiger partial charge is 0.305 e. The fourth-order valence-corrected chi connectivity index (χ4v) is 1.10. The number of carbonyl (C=O) groups is 1. The number of esters is 1. The molecule has 2 radical (unpaired) electrons. The zero-order valence-corrected chi connectivity index (χ0v) is 7.62. The van der Waals surface area contributed by atoms with Gasteiger partial charge in [0, 0.05) is 6.42 Å². The monoisotopic (exact) mass is 174 g/mol. The molecule has 0 amide bonds. The van der Waals surface area contributed by atoms with Crippen LogP contribution in [0, 0.1) is 0 Å². The number of methoxy groups -OCH3 is 1. The number of aryl methyl sites for hydroxylation is 1. The highest BCUT2D eigenvalue weighted by atomic mass is 16.5. The predicted molar refractivity (Wildman–Crippen MR) is 52.2 cm³/mol. The molecule has 0 atom stereocenters. The molecule has 0 aromatic heterocycles. The molecule has 0 fully saturated rings. The van der Waals surface area contributed by atoms with Crippen molar-refractivity contribution in [3.05, 3.63) is 29.8 Å². The highest BCUT2D eigenvalue weighted by Crippen LogP contribution is 2.01. The molecule has 0 bridgehead atoms. The van der Waals surface area contributed by atoms with E-state index >= 15 is 0 Å². The van der Waals surface area contributed by atoms with Gasteiger partial charge in [0.25, 0.3) is 0 Å². The molecule has 0 aliphatic carbocycles. The van der Waals surface area contributed by atoms with Crippen LogP contribution in [0.5, 0.6) is 0 Å². The lowest BCUT2D eigenvalue weighted by atomic mass is 9.93. The molecule has 1 aromatic rings. The lowest BCUT2D eigenvalue weighted by Gasteiger charge is -2.01. The third-order valence-corrected chi connectivity index (χ3v) is 1.80. The first-order chi connectivity index (χ1) is 6.22. The van der Waals surface area contributed by atoms with Crippen LogP contribution in [0.25, 0.3) is 0 Å². The molecule has 66 valence electrons. The summed E-state index contributed by atoms with van der Waals surface area (Å²) in [4.78, 5) is 10.8. The number of ether oxygens (including phenoxy) is 1. The van der Waals surface area contributed by atoms with E-state index in [2.05, 4.69) is 4.74 Å². The molecule has 0 heterocycles. The van der Waals surface area contributed by atoms with Gasteiger partial charge in [-0.25, -0.2) is 0 Å². The molecule has 3 heteroatoms. The van der Waals surface area contributed by atoms with Crippen molar-refractivity contribution in [2.75, 3.05) is 7.11 Å². The topological polar surface area (TPSA) is 26.3 Å². The Hall–Kier alpha value is -1.25. The highest BCUT2D eigenvalue weighted by molar-refractivity contribution is 6.32. The van der Waals surface area contributed by atoms with Crippen molar-refractivity contribution in [2.45, 2.75) is 12.8 Å². The Morgan fingerprint density at radius 3 is 2.92 bits per heavy atom. The average molecular weight is 174 g/mol. The summed E-state index contributed by atoms with van der Waals surface area (Å²) in [6, 6.07) is 7.51. The quantitative estimate of drug-likeness (QED) is 0.495. The fraction of sp³-hybridized carbons (Fsp3) is 0.300. The molecular weight excluding hydrogens is 163 g/mol. The zero-order chi connectivity index (χ0) is 9.68. The molecule has 1 aromatic carbocycles. The van der Waals surface area contributed by atoms with Crippen molar-refractivity contribution in [1.82, 2.24) is 0 Å². The lowest BCUT2D eigenvalue weighted by molar-refractivity contribution is -0.140. The molecule has 1 rings (SSSR count).